The van der Waals surface area contributed by atoms with Crippen molar-refractivity contribution in [2.45, 2.75) is 0 Å². The third kappa shape index (κ3) is 3.49. The molecule has 24 heavy (non-hydrogen) atoms. The van der Waals surface area contributed by atoms with Crippen LogP contribution < -0.4 is 10.6 Å². The molecule has 0 radical (unpaired) electrons. The molecule has 122 valence electrons. The summed E-state index contributed by atoms with van der Waals surface area (Å²) < 4.78 is 18.1. The van der Waals surface area contributed by atoms with Crippen LogP contribution in [-0.2, 0) is 0 Å². The Morgan fingerprint density at radius 1 is 1.29 bits per heavy atom. The first-order chi connectivity index (χ1) is 11.5. The van der Waals surface area contributed by atoms with Crippen LogP contribution in [0.2, 0.25) is 0 Å². The molecule has 1 amide bonds. The van der Waals surface area contributed by atoms with E-state index in [0.29, 0.717) is 10.6 Å². The van der Waals surface area contributed by atoms with Crippen LogP contribution in [0, 0.1) is 11.2 Å². The van der Waals surface area contributed by atoms with Gasteiger partial charge in [0.15, 0.2) is 11.5 Å². The molecule has 7 nitrogen and oxygen atoms in total. The number of nitrogens with one attached hydrogen (secondary N) is 3. The number of hydrogen-bond donors (Lipinski definition) is 3. The van der Waals surface area contributed by atoms with Gasteiger partial charge in [-0.15, -0.1) is 11.3 Å². The van der Waals surface area contributed by atoms with Crippen LogP contribution in [0.5, 0.6) is 0 Å². The maximum atomic E-state index is 13.2. The molecule has 2 heterocycles. The van der Waals surface area contributed by atoms with E-state index in [2.05, 4.69) is 41.5 Å². The van der Waals surface area contributed by atoms with E-state index in [9.17, 15) is 9.18 Å². The van der Waals surface area contributed by atoms with Crippen molar-refractivity contribution in [3.8, 4) is 0 Å². The van der Waals surface area contributed by atoms with Crippen molar-refractivity contribution in [3.63, 3.8) is 0 Å². The van der Waals surface area contributed by atoms with E-state index in [4.69, 9.17) is 5.41 Å². The Labute approximate surface area is 147 Å². The van der Waals surface area contributed by atoms with Crippen molar-refractivity contribution < 1.29 is 13.8 Å². The predicted octanol–water partition coefficient (Wildman–Crippen LogP) is 3.72. The van der Waals surface area contributed by atoms with Crippen molar-refractivity contribution in [2.24, 2.45) is 0 Å². The molecule has 0 bridgehead atoms. The molecular formula is C14H9BrFN5O2S. The van der Waals surface area contributed by atoms with Crippen LogP contribution >= 0.6 is 27.3 Å². The average Bonchev–Trinajstić information content (AvgIpc) is 3.22. The maximum Gasteiger partial charge on any atom is 0.267 e. The number of amidine groups is 1. The molecule has 0 spiro atoms. The molecule has 0 atom stereocenters. The highest BCUT2D eigenvalue weighted by atomic mass is 79.9. The Morgan fingerprint density at radius 3 is 2.83 bits per heavy atom. The number of carbonyl (C=O) groups excluding carboxylic acids is 1. The molecule has 10 heteroatoms. The predicted molar refractivity (Wildman–Crippen MR) is 91.1 cm³/mol. The highest BCUT2D eigenvalue weighted by Crippen LogP contribution is 2.21. The Kier molecular flexibility index (Phi) is 4.67. The average molecular weight is 410 g/mol. The molecule has 0 aliphatic heterocycles. The molecule has 0 saturated heterocycles. The smallest absolute Gasteiger partial charge is 0.267 e. The maximum absolute atomic E-state index is 13.2. The summed E-state index contributed by atoms with van der Waals surface area (Å²) in [5.74, 6) is -0.929. The van der Waals surface area contributed by atoms with Crippen molar-refractivity contribution in [3.05, 3.63) is 56.6 Å². The van der Waals surface area contributed by atoms with E-state index < -0.39 is 5.82 Å². The Hall–Kier alpha value is -2.59. The second kappa shape index (κ2) is 6.89. The largest absolute Gasteiger partial charge is 0.339 e. The van der Waals surface area contributed by atoms with Crippen molar-refractivity contribution in [2.75, 3.05) is 10.6 Å². The van der Waals surface area contributed by atoms with Crippen molar-refractivity contribution >= 4 is 50.5 Å². The zero-order valence-corrected chi connectivity index (χ0v) is 14.2. The number of amides is 1. The molecule has 2 aromatic heterocycles. The van der Waals surface area contributed by atoms with Gasteiger partial charge in [0.25, 0.3) is 5.91 Å². The standard InChI is InChI=1S/C14H9BrFN5O2S/c15-8-6-7(3-4-9(8)16)18-12(17)11-13(21-23-20-11)19-14(22)10-2-1-5-24-10/h1-6H,(H2,17,18)(H,19,21,22). The minimum Gasteiger partial charge on any atom is -0.339 e. The zero-order valence-electron chi connectivity index (χ0n) is 11.8. The number of hydrogen-bond acceptors (Lipinski definition) is 6. The molecule has 3 N–H and O–H groups in total. The fourth-order valence-electron chi connectivity index (χ4n) is 1.79. The molecule has 0 fully saturated rings. The third-order valence-electron chi connectivity index (χ3n) is 2.89. The van der Waals surface area contributed by atoms with Crippen LogP contribution in [0.25, 0.3) is 0 Å². The van der Waals surface area contributed by atoms with Gasteiger partial charge in [-0.25, -0.2) is 9.02 Å². The van der Waals surface area contributed by atoms with E-state index in [0.717, 1.165) is 0 Å². The van der Waals surface area contributed by atoms with Crippen molar-refractivity contribution in [1.29, 1.82) is 5.41 Å². The molecule has 0 unspecified atom stereocenters. The van der Waals surface area contributed by atoms with Gasteiger partial charge in [0.05, 0.1) is 9.35 Å². The number of nitrogens with zero attached hydrogens (tertiary/aromatic N) is 2. The highest BCUT2D eigenvalue weighted by Gasteiger charge is 2.19. The summed E-state index contributed by atoms with van der Waals surface area (Å²) >= 11 is 4.34. The minimum absolute atomic E-state index is 0.0204. The number of anilines is 2. The SMILES string of the molecule is N=C(Nc1ccc(F)c(Br)c1)c1nonc1NC(=O)c1cccs1. The van der Waals surface area contributed by atoms with Gasteiger partial charge in [-0.3, -0.25) is 10.2 Å². The molecule has 0 aliphatic rings. The lowest BCUT2D eigenvalue weighted by molar-refractivity contribution is 0.102. The Morgan fingerprint density at radius 2 is 2.12 bits per heavy atom. The van der Waals surface area contributed by atoms with Crippen LogP contribution in [0.4, 0.5) is 15.9 Å². The fraction of sp³-hybridized carbons (Fsp3) is 0. The first-order valence-electron chi connectivity index (χ1n) is 6.53. The number of rotatable bonds is 4. The summed E-state index contributed by atoms with van der Waals surface area (Å²) in [6, 6.07) is 7.60. The number of thiophene rings is 1. The number of halogens is 2. The molecule has 0 aliphatic carbocycles. The lowest BCUT2D eigenvalue weighted by Crippen LogP contribution is -2.18. The molecular weight excluding hydrogens is 401 g/mol. The van der Waals surface area contributed by atoms with Gasteiger partial charge in [0.2, 0.25) is 5.82 Å². The second-order valence-electron chi connectivity index (χ2n) is 4.52. The quantitative estimate of drug-likeness (QED) is 0.449. The van der Waals surface area contributed by atoms with Gasteiger partial charge in [-0.05, 0) is 55.9 Å². The van der Waals surface area contributed by atoms with E-state index in [-0.39, 0.29) is 27.7 Å². The van der Waals surface area contributed by atoms with E-state index >= 15 is 0 Å². The first-order valence-corrected chi connectivity index (χ1v) is 8.20. The Bertz CT molecular complexity index is 896. The topological polar surface area (TPSA) is 104 Å². The number of benzene rings is 1. The summed E-state index contributed by atoms with van der Waals surface area (Å²) in [6.45, 7) is 0. The minimum atomic E-state index is -0.418. The second-order valence-corrected chi connectivity index (χ2v) is 6.32. The lowest BCUT2D eigenvalue weighted by Gasteiger charge is -2.07. The highest BCUT2D eigenvalue weighted by molar-refractivity contribution is 9.10. The van der Waals surface area contributed by atoms with Crippen LogP contribution in [0.3, 0.4) is 0 Å². The summed E-state index contributed by atoms with van der Waals surface area (Å²) in [4.78, 5) is 12.5. The molecule has 0 saturated carbocycles. The Balaban J connectivity index is 1.75. The van der Waals surface area contributed by atoms with E-state index in [1.165, 1.54) is 29.5 Å². The first kappa shape index (κ1) is 16.3. The zero-order chi connectivity index (χ0) is 17.1. The van der Waals surface area contributed by atoms with Gasteiger partial charge in [-0.1, -0.05) is 6.07 Å². The summed E-state index contributed by atoms with van der Waals surface area (Å²) in [7, 11) is 0. The van der Waals surface area contributed by atoms with Gasteiger partial charge in [-0.2, -0.15) is 0 Å². The summed E-state index contributed by atoms with van der Waals surface area (Å²) in [5, 5.41) is 22.3. The fourth-order valence-corrected chi connectivity index (χ4v) is 2.79. The van der Waals surface area contributed by atoms with Crippen LogP contribution in [0.1, 0.15) is 15.4 Å². The monoisotopic (exact) mass is 409 g/mol. The summed E-state index contributed by atoms with van der Waals surface area (Å²) in [5.41, 5.74) is 0.493. The third-order valence-corrected chi connectivity index (χ3v) is 4.37. The van der Waals surface area contributed by atoms with Crippen LogP contribution in [-0.4, -0.2) is 22.1 Å². The number of carbonyl (C=O) groups is 1. The van der Waals surface area contributed by atoms with Crippen LogP contribution in [0.15, 0.2) is 44.8 Å². The van der Waals surface area contributed by atoms with Crippen molar-refractivity contribution in [1.82, 2.24) is 10.3 Å². The molecule has 3 rings (SSSR count). The van der Waals surface area contributed by atoms with Gasteiger partial charge < -0.3 is 10.6 Å². The normalized spacial score (nSPS) is 10.4. The van der Waals surface area contributed by atoms with Gasteiger partial charge in [0.1, 0.15) is 5.82 Å². The van der Waals surface area contributed by atoms with E-state index in [1.54, 1.807) is 17.5 Å². The number of aromatic nitrogens is 2. The lowest BCUT2D eigenvalue weighted by atomic mass is 10.3. The molecule has 3 aromatic rings. The summed E-state index contributed by atoms with van der Waals surface area (Å²) in [6.07, 6.45) is 0. The van der Waals surface area contributed by atoms with Gasteiger partial charge >= 0.3 is 0 Å². The van der Waals surface area contributed by atoms with Gasteiger partial charge in [0, 0.05) is 5.69 Å². The van der Waals surface area contributed by atoms with E-state index in [1.807, 2.05) is 0 Å². The molecule has 1 aromatic carbocycles.